The van der Waals surface area contributed by atoms with E-state index in [0.717, 1.165) is 0 Å². The first kappa shape index (κ1) is 17.7. The normalized spacial score (nSPS) is 16.7. The number of hydrogen-bond acceptors (Lipinski definition) is 5. The molecule has 0 bridgehead atoms. The molecule has 0 spiro atoms. The van der Waals surface area contributed by atoms with Gasteiger partial charge in [-0.05, 0) is 25.0 Å². The Morgan fingerprint density at radius 2 is 1.87 bits per heavy atom. The molecule has 128 valence electrons. The summed E-state index contributed by atoms with van der Waals surface area (Å²) < 4.78 is 24.6. The average molecular weight is 340 g/mol. The van der Waals surface area contributed by atoms with Crippen LogP contribution in [0.4, 0.5) is 5.82 Å². The Morgan fingerprint density at radius 1 is 1.26 bits per heavy atom. The van der Waals surface area contributed by atoms with Crippen LogP contribution in [0.2, 0.25) is 0 Å². The Morgan fingerprint density at radius 3 is 2.39 bits per heavy atom. The van der Waals surface area contributed by atoms with Gasteiger partial charge in [0.25, 0.3) is 5.91 Å². The molecule has 2 rings (SSSR count). The number of anilines is 1. The van der Waals surface area contributed by atoms with Crippen LogP contribution in [0.5, 0.6) is 0 Å². The number of likely N-dealkylation sites (tertiary alicyclic amines) is 1. The summed E-state index contributed by atoms with van der Waals surface area (Å²) >= 11 is 0. The highest BCUT2D eigenvalue weighted by Crippen LogP contribution is 2.22. The minimum atomic E-state index is -3.20. The first-order valence-corrected chi connectivity index (χ1v) is 9.41. The fraction of sp³-hybridized carbons (Fsp3) is 0.600. The van der Waals surface area contributed by atoms with Crippen molar-refractivity contribution in [1.29, 1.82) is 0 Å². The fourth-order valence-corrected chi connectivity index (χ4v) is 3.55. The number of pyridine rings is 1. The predicted molar refractivity (Wildman–Crippen MR) is 90.1 cm³/mol. The van der Waals surface area contributed by atoms with E-state index in [0.29, 0.717) is 37.3 Å². The molecule has 1 amide bonds. The lowest BCUT2D eigenvalue weighted by atomic mass is 10.0. The van der Waals surface area contributed by atoms with Gasteiger partial charge in [-0.3, -0.25) is 4.79 Å². The van der Waals surface area contributed by atoms with Crippen molar-refractivity contribution in [2.75, 3.05) is 45.4 Å². The lowest BCUT2D eigenvalue weighted by molar-refractivity contribution is 0.0686. The van der Waals surface area contributed by atoms with E-state index < -0.39 is 10.0 Å². The molecule has 1 aromatic heterocycles. The zero-order valence-corrected chi connectivity index (χ0v) is 14.9. The molecule has 0 unspecified atom stereocenters. The van der Waals surface area contributed by atoms with Gasteiger partial charge >= 0.3 is 0 Å². The van der Waals surface area contributed by atoms with Crippen LogP contribution in [-0.2, 0) is 10.0 Å². The minimum absolute atomic E-state index is 0.0451. The second kappa shape index (κ2) is 6.84. The van der Waals surface area contributed by atoms with E-state index in [2.05, 4.69) is 4.98 Å². The summed E-state index contributed by atoms with van der Waals surface area (Å²) in [4.78, 5) is 20.6. The van der Waals surface area contributed by atoms with Crippen molar-refractivity contribution < 1.29 is 13.2 Å². The number of amides is 1. The highest BCUT2D eigenvalue weighted by Gasteiger charge is 2.30. The topological polar surface area (TPSA) is 73.8 Å². The zero-order valence-electron chi connectivity index (χ0n) is 14.1. The summed E-state index contributed by atoms with van der Waals surface area (Å²) in [6, 6.07) is 3.49. The van der Waals surface area contributed by atoms with Crippen molar-refractivity contribution in [3.63, 3.8) is 0 Å². The van der Waals surface area contributed by atoms with E-state index in [9.17, 15) is 13.2 Å². The summed E-state index contributed by atoms with van der Waals surface area (Å²) in [5.41, 5.74) is 0.576. The van der Waals surface area contributed by atoms with Gasteiger partial charge in [0.1, 0.15) is 5.82 Å². The van der Waals surface area contributed by atoms with Gasteiger partial charge in [0, 0.05) is 46.5 Å². The molecule has 2 heterocycles. The summed E-state index contributed by atoms with van der Waals surface area (Å²) in [7, 11) is 2.11. The Labute approximate surface area is 137 Å². The number of piperidine rings is 1. The molecule has 1 fully saturated rings. The Hall–Kier alpha value is -1.67. The summed E-state index contributed by atoms with van der Waals surface area (Å²) in [5.74, 6) is 0.593. The molecule has 1 aromatic rings. The lowest BCUT2D eigenvalue weighted by Gasteiger charge is -2.36. The molecule has 0 atom stereocenters. The standard InChI is InChI=1S/C15H24N4O3S/c1-17(2)14-13(6-5-9-16-14)15(20)19-10-7-12(8-11-19)18(3)23(4,21)22/h5-6,9,12H,7-8,10-11H2,1-4H3. The van der Waals surface area contributed by atoms with Crippen LogP contribution in [0.3, 0.4) is 0 Å². The first-order chi connectivity index (χ1) is 10.7. The SMILES string of the molecule is CN(C)c1ncccc1C(=O)N1CCC(N(C)S(C)(=O)=O)CC1. The molecule has 1 aliphatic rings. The van der Waals surface area contributed by atoms with Crippen molar-refractivity contribution in [3.8, 4) is 0 Å². The number of sulfonamides is 1. The molecule has 0 aliphatic carbocycles. The summed E-state index contributed by atoms with van der Waals surface area (Å²) in [5, 5.41) is 0. The molecule has 8 heteroatoms. The Kier molecular flexibility index (Phi) is 5.26. The molecule has 1 saturated heterocycles. The van der Waals surface area contributed by atoms with Crippen LogP contribution in [0.1, 0.15) is 23.2 Å². The quantitative estimate of drug-likeness (QED) is 0.804. The third-order valence-corrected chi connectivity index (χ3v) is 5.57. The second-order valence-electron chi connectivity index (χ2n) is 6.07. The molecule has 0 N–H and O–H groups in total. The number of aromatic nitrogens is 1. The maximum absolute atomic E-state index is 12.7. The van der Waals surface area contributed by atoms with Crippen LogP contribution in [-0.4, -0.2) is 75.0 Å². The van der Waals surface area contributed by atoms with E-state index in [1.54, 1.807) is 30.3 Å². The number of nitrogens with zero attached hydrogens (tertiary/aromatic N) is 4. The smallest absolute Gasteiger partial charge is 0.257 e. The van der Waals surface area contributed by atoms with Gasteiger partial charge in [0.15, 0.2) is 0 Å². The van der Waals surface area contributed by atoms with Crippen molar-refractivity contribution in [2.45, 2.75) is 18.9 Å². The van der Waals surface area contributed by atoms with Gasteiger partial charge in [-0.25, -0.2) is 17.7 Å². The predicted octanol–water partition coefficient (Wildman–Crippen LogP) is 0.644. The van der Waals surface area contributed by atoms with Gasteiger partial charge in [-0.2, -0.15) is 0 Å². The van der Waals surface area contributed by atoms with E-state index in [4.69, 9.17) is 0 Å². The van der Waals surface area contributed by atoms with E-state index in [1.165, 1.54) is 10.6 Å². The van der Waals surface area contributed by atoms with E-state index in [-0.39, 0.29) is 11.9 Å². The molecule has 0 radical (unpaired) electrons. The van der Waals surface area contributed by atoms with Gasteiger partial charge in [-0.1, -0.05) is 0 Å². The monoisotopic (exact) mass is 340 g/mol. The number of carbonyl (C=O) groups is 1. The van der Waals surface area contributed by atoms with Crippen LogP contribution >= 0.6 is 0 Å². The number of carbonyl (C=O) groups excluding carboxylic acids is 1. The van der Waals surface area contributed by atoms with Gasteiger partial charge in [0.2, 0.25) is 10.0 Å². The molecule has 23 heavy (non-hydrogen) atoms. The zero-order chi connectivity index (χ0) is 17.2. The van der Waals surface area contributed by atoms with Gasteiger partial charge in [-0.15, -0.1) is 0 Å². The Bertz CT molecular complexity index is 667. The third kappa shape index (κ3) is 4.00. The van der Waals surface area contributed by atoms with Crippen molar-refractivity contribution in [3.05, 3.63) is 23.9 Å². The molecule has 0 saturated carbocycles. The highest BCUT2D eigenvalue weighted by molar-refractivity contribution is 7.88. The first-order valence-electron chi connectivity index (χ1n) is 7.56. The maximum Gasteiger partial charge on any atom is 0.257 e. The largest absolute Gasteiger partial charge is 0.362 e. The molecular weight excluding hydrogens is 316 g/mol. The van der Waals surface area contributed by atoms with E-state index in [1.807, 2.05) is 19.0 Å². The minimum Gasteiger partial charge on any atom is -0.362 e. The molecular formula is C15H24N4O3S. The second-order valence-corrected chi connectivity index (χ2v) is 8.11. The van der Waals surface area contributed by atoms with Crippen LogP contribution in [0.25, 0.3) is 0 Å². The van der Waals surface area contributed by atoms with Crippen LogP contribution in [0.15, 0.2) is 18.3 Å². The summed E-state index contributed by atoms with van der Waals surface area (Å²) in [6.45, 7) is 1.09. The van der Waals surface area contributed by atoms with Gasteiger partial charge in [0.05, 0.1) is 11.8 Å². The summed E-state index contributed by atoms with van der Waals surface area (Å²) in [6.07, 6.45) is 4.17. The molecule has 1 aliphatic heterocycles. The van der Waals surface area contributed by atoms with Gasteiger partial charge < -0.3 is 9.80 Å². The van der Waals surface area contributed by atoms with Crippen molar-refractivity contribution in [2.24, 2.45) is 0 Å². The van der Waals surface area contributed by atoms with Crippen molar-refractivity contribution >= 4 is 21.7 Å². The number of hydrogen-bond donors (Lipinski definition) is 0. The maximum atomic E-state index is 12.7. The van der Waals surface area contributed by atoms with Crippen LogP contribution in [0, 0.1) is 0 Å². The molecule has 0 aromatic carbocycles. The highest BCUT2D eigenvalue weighted by atomic mass is 32.2. The average Bonchev–Trinajstić information content (AvgIpc) is 2.52. The fourth-order valence-electron chi connectivity index (χ4n) is 2.79. The van der Waals surface area contributed by atoms with Crippen molar-refractivity contribution in [1.82, 2.24) is 14.2 Å². The lowest BCUT2D eigenvalue weighted by Crippen LogP contribution is -2.47. The number of rotatable bonds is 4. The third-order valence-electron chi connectivity index (χ3n) is 4.23. The van der Waals surface area contributed by atoms with Crippen LogP contribution < -0.4 is 4.90 Å². The molecule has 7 nitrogen and oxygen atoms in total. The van der Waals surface area contributed by atoms with E-state index >= 15 is 0 Å². The Balaban J connectivity index is 2.08.